The minimum atomic E-state index is 0.863. The van der Waals surface area contributed by atoms with E-state index in [9.17, 15) is 0 Å². The first kappa shape index (κ1) is 23.5. The average Bonchev–Trinajstić information content (AvgIpc) is 2.85. The number of aryl methyl sites for hydroxylation is 1. The fraction of sp³-hybridized carbons (Fsp3) is 0.333. The molecule has 0 saturated carbocycles. The molecule has 0 aromatic heterocycles. The Hall–Kier alpha value is -3.18. The van der Waals surface area contributed by atoms with E-state index in [0.29, 0.717) is 0 Å². The Morgan fingerprint density at radius 2 is 1.28 bits per heavy atom. The lowest BCUT2D eigenvalue weighted by molar-refractivity contribution is 0.415. The number of unbranched alkanes of at least 4 members (excludes halogenated alkanes) is 3. The number of hydrogen-bond donors (Lipinski definition) is 0. The number of ether oxygens (including phenoxy) is 2. The zero-order valence-electron chi connectivity index (χ0n) is 19.8. The largest absolute Gasteiger partial charge is 0.497 e. The number of rotatable bonds is 9. The molecule has 2 heteroatoms. The van der Waals surface area contributed by atoms with Crippen molar-refractivity contribution in [3.05, 3.63) is 71.8 Å². The maximum atomic E-state index is 5.38. The van der Waals surface area contributed by atoms with Crippen LogP contribution in [0.15, 0.2) is 60.7 Å². The molecular formula is C30H34O2. The van der Waals surface area contributed by atoms with Crippen LogP contribution in [0.3, 0.4) is 0 Å². The van der Waals surface area contributed by atoms with Crippen LogP contribution in [0, 0.1) is 11.8 Å². The maximum Gasteiger partial charge on any atom is 0.118 e. The van der Waals surface area contributed by atoms with Crippen LogP contribution >= 0.6 is 0 Å². The van der Waals surface area contributed by atoms with Gasteiger partial charge >= 0.3 is 0 Å². The maximum absolute atomic E-state index is 5.38. The van der Waals surface area contributed by atoms with Crippen LogP contribution in [0.25, 0.3) is 22.3 Å². The molecule has 0 N–H and O–H groups in total. The minimum Gasteiger partial charge on any atom is -0.497 e. The Balaban J connectivity index is 2.17. The van der Waals surface area contributed by atoms with E-state index >= 15 is 0 Å². The standard InChI is InChI=1S/C30H34O2/c1-5-7-9-10-12-29-25(11-8-6-2)21-26(23-13-17-27(31-3)18-14-23)22-30(29)24-15-19-28(32-4)20-16-24/h13-22H,5-9,11H2,1-4H3. The Morgan fingerprint density at radius 3 is 1.84 bits per heavy atom. The van der Waals surface area contributed by atoms with Crippen molar-refractivity contribution >= 4 is 0 Å². The molecule has 0 amide bonds. The van der Waals surface area contributed by atoms with Crippen molar-refractivity contribution < 1.29 is 9.47 Å². The van der Waals surface area contributed by atoms with E-state index < -0.39 is 0 Å². The van der Waals surface area contributed by atoms with Crippen LogP contribution in [0.1, 0.15) is 57.1 Å². The summed E-state index contributed by atoms with van der Waals surface area (Å²) < 4.78 is 10.7. The zero-order chi connectivity index (χ0) is 22.8. The summed E-state index contributed by atoms with van der Waals surface area (Å²) >= 11 is 0. The van der Waals surface area contributed by atoms with Gasteiger partial charge in [-0.2, -0.15) is 0 Å². The van der Waals surface area contributed by atoms with E-state index in [1.807, 2.05) is 24.3 Å². The highest BCUT2D eigenvalue weighted by Crippen LogP contribution is 2.34. The highest BCUT2D eigenvalue weighted by Gasteiger charge is 2.13. The molecule has 3 aromatic carbocycles. The van der Waals surface area contributed by atoms with E-state index in [2.05, 4.69) is 62.1 Å². The molecule has 0 unspecified atom stereocenters. The quantitative estimate of drug-likeness (QED) is 0.255. The van der Waals surface area contributed by atoms with Gasteiger partial charge in [-0.25, -0.2) is 0 Å². The van der Waals surface area contributed by atoms with E-state index in [0.717, 1.165) is 49.2 Å². The van der Waals surface area contributed by atoms with Crippen molar-refractivity contribution in [2.75, 3.05) is 14.2 Å². The van der Waals surface area contributed by atoms with Crippen LogP contribution in [0.5, 0.6) is 11.5 Å². The predicted octanol–water partition coefficient (Wildman–Crippen LogP) is 7.92. The highest BCUT2D eigenvalue weighted by atomic mass is 16.5. The van der Waals surface area contributed by atoms with Gasteiger partial charge in [-0.1, -0.05) is 62.8 Å². The molecule has 166 valence electrons. The molecule has 0 atom stereocenters. The second-order valence-corrected chi connectivity index (χ2v) is 8.02. The molecule has 0 aliphatic rings. The third-order valence-corrected chi connectivity index (χ3v) is 5.71. The first-order chi connectivity index (χ1) is 15.7. The van der Waals surface area contributed by atoms with Crippen molar-refractivity contribution in [1.82, 2.24) is 0 Å². The fourth-order valence-electron chi connectivity index (χ4n) is 3.78. The number of methoxy groups -OCH3 is 2. The molecule has 0 radical (unpaired) electrons. The lowest BCUT2D eigenvalue weighted by Gasteiger charge is -2.15. The summed E-state index contributed by atoms with van der Waals surface area (Å²) in [5.41, 5.74) is 7.24. The van der Waals surface area contributed by atoms with Crippen molar-refractivity contribution in [1.29, 1.82) is 0 Å². The summed E-state index contributed by atoms with van der Waals surface area (Å²) in [7, 11) is 3.40. The van der Waals surface area contributed by atoms with Crippen molar-refractivity contribution in [3.63, 3.8) is 0 Å². The first-order valence-electron chi connectivity index (χ1n) is 11.6. The van der Waals surface area contributed by atoms with Crippen LogP contribution in [-0.2, 0) is 6.42 Å². The molecule has 0 bridgehead atoms. The number of hydrogen-bond acceptors (Lipinski definition) is 2. The molecule has 0 aliphatic heterocycles. The SMILES string of the molecule is CCCCC#Cc1c(CCCC)cc(-c2ccc(OC)cc2)cc1-c1ccc(OC)cc1. The highest BCUT2D eigenvalue weighted by molar-refractivity contribution is 5.80. The van der Waals surface area contributed by atoms with E-state index in [1.165, 1.54) is 34.2 Å². The number of benzene rings is 3. The van der Waals surface area contributed by atoms with Gasteiger partial charge in [0.2, 0.25) is 0 Å². The first-order valence-corrected chi connectivity index (χ1v) is 11.6. The van der Waals surface area contributed by atoms with Crippen molar-refractivity contribution in [2.45, 2.75) is 52.4 Å². The molecule has 0 aliphatic carbocycles. The third kappa shape index (κ3) is 5.95. The van der Waals surface area contributed by atoms with Crippen LogP contribution < -0.4 is 9.47 Å². The van der Waals surface area contributed by atoms with Gasteiger partial charge < -0.3 is 9.47 Å². The summed E-state index contributed by atoms with van der Waals surface area (Å²) in [6, 6.07) is 21.2. The second-order valence-electron chi connectivity index (χ2n) is 8.02. The van der Waals surface area contributed by atoms with E-state index in [-0.39, 0.29) is 0 Å². The minimum absolute atomic E-state index is 0.863. The van der Waals surface area contributed by atoms with Gasteiger partial charge in [0.1, 0.15) is 11.5 Å². The van der Waals surface area contributed by atoms with Gasteiger partial charge in [0.25, 0.3) is 0 Å². The van der Waals surface area contributed by atoms with Gasteiger partial charge in [-0.3, -0.25) is 0 Å². The monoisotopic (exact) mass is 426 g/mol. The lowest BCUT2D eigenvalue weighted by atomic mass is 9.89. The van der Waals surface area contributed by atoms with Gasteiger partial charge in [-0.15, -0.1) is 0 Å². The summed E-state index contributed by atoms with van der Waals surface area (Å²) in [5.74, 6) is 8.72. The molecule has 3 aromatic rings. The van der Waals surface area contributed by atoms with Crippen LogP contribution in [0.2, 0.25) is 0 Å². The topological polar surface area (TPSA) is 18.5 Å². The molecule has 0 heterocycles. The fourth-order valence-corrected chi connectivity index (χ4v) is 3.78. The zero-order valence-corrected chi connectivity index (χ0v) is 19.8. The molecule has 0 saturated heterocycles. The van der Waals surface area contributed by atoms with Crippen LogP contribution in [0.4, 0.5) is 0 Å². The average molecular weight is 427 g/mol. The lowest BCUT2D eigenvalue weighted by Crippen LogP contribution is -1.97. The smallest absolute Gasteiger partial charge is 0.118 e. The predicted molar refractivity (Wildman–Crippen MR) is 135 cm³/mol. The summed E-state index contributed by atoms with van der Waals surface area (Å²) in [6.45, 7) is 4.45. The summed E-state index contributed by atoms with van der Waals surface area (Å²) in [5, 5.41) is 0. The molecular weight excluding hydrogens is 392 g/mol. The van der Waals surface area contributed by atoms with Gasteiger partial charge in [0.05, 0.1) is 14.2 Å². The van der Waals surface area contributed by atoms with E-state index in [4.69, 9.17) is 9.47 Å². The van der Waals surface area contributed by atoms with Gasteiger partial charge in [0, 0.05) is 12.0 Å². The van der Waals surface area contributed by atoms with Gasteiger partial charge in [-0.05, 0) is 83.5 Å². The normalized spacial score (nSPS) is 10.4. The van der Waals surface area contributed by atoms with Crippen molar-refractivity contribution in [2.24, 2.45) is 0 Å². The Kier molecular flexibility index (Phi) is 8.81. The van der Waals surface area contributed by atoms with Crippen molar-refractivity contribution in [3.8, 4) is 45.6 Å². The summed E-state index contributed by atoms with van der Waals surface area (Å²) in [6.07, 6.45) is 6.58. The molecule has 0 spiro atoms. The Morgan fingerprint density at radius 1 is 0.688 bits per heavy atom. The van der Waals surface area contributed by atoms with Gasteiger partial charge in [0.15, 0.2) is 0 Å². The second kappa shape index (κ2) is 12.0. The molecule has 32 heavy (non-hydrogen) atoms. The van der Waals surface area contributed by atoms with E-state index in [1.54, 1.807) is 14.2 Å². The van der Waals surface area contributed by atoms with Crippen LogP contribution in [-0.4, -0.2) is 14.2 Å². The molecule has 3 rings (SSSR count). The molecule has 2 nitrogen and oxygen atoms in total. The Labute approximate surface area is 193 Å². The molecule has 0 fully saturated rings. The Bertz CT molecular complexity index is 1050. The summed E-state index contributed by atoms with van der Waals surface area (Å²) in [4.78, 5) is 0. The third-order valence-electron chi connectivity index (χ3n) is 5.71.